The molecule has 0 spiro atoms. The summed E-state index contributed by atoms with van der Waals surface area (Å²) < 4.78 is 22.9. The van der Waals surface area contributed by atoms with E-state index in [1.807, 2.05) is 0 Å². The van der Waals surface area contributed by atoms with Gasteiger partial charge in [-0.3, -0.25) is 4.79 Å². The molecule has 2 aliphatic heterocycles. The van der Waals surface area contributed by atoms with Crippen molar-refractivity contribution in [2.45, 2.75) is 127 Å². The van der Waals surface area contributed by atoms with Gasteiger partial charge in [0.15, 0.2) is 12.6 Å². The van der Waals surface area contributed by atoms with Crippen LogP contribution in [0.5, 0.6) is 0 Å². The van der Waals surface area contributed by atoms with Gasteiger partial charge in [0.05, 0.1) is 25.9 Å². The number of hydrogen-bond acceptors (Lipinski definition) is 11. The van der Waals surface area contributed by atoms with E-state index < -0.39 is 55.3 Å². The highest BCUT2D eigenvalue weighted by Crippen LogP contribution is 2.66. The lowest BCUT2D eigenvalue weighted by Gasteiger charge is -2.58. The molecule has 2 heterocycles. The van der Waals surface area contributed by atoms with Gasteiger partial charge in [-0.1, -0.05) is 25.5 Å². The Labute approximate surface area is 253 Å². The Balaban J connectivity index is 1.09. The first-order valence-corrected chi connectivity index (χ1v) is 16.1. The van der Waals surface area contributed by atoms with Gasteiger partial charge in [0.1, 0.15) is 41.9 Å². The largest absolute Gasteiger partial charge is 0.393 e. The summed E-state index contributed by atoms with van der Waals surface area (Å²) in [6.07, 6.45) is 0.421. The van der Waals surface area contributed by atoms with Crippen LogP contribution in [0.1, 0.15) is 72.1 Å². The van der Waals surface area contributed by atoms with E-state index in [4.69, 9.17) is 18.9 Å². The lowest BCUT2D eigenvalue weighted by molar-refractivity contribution is -0.320. The van der Waals surface area contributed by atoms with E-state index in [0.29, 0.717) is 30.0 Å². The number of carbonyl (C=O) groups is 1. The first-order valence-electron chi connectivity index (χ1n) is 16.1. The topological polar surface area (TPSA) is 175 Å². The van der Waals surface area contributed by atoms with Crippen LogP contribution in [0, 0.1) is 34.5 Å². The molecule has 0 bridgehead atoms. The molecule has 2 saturated heterocycles. The van der Waals surface area contributed by atoms with Gasteiger partial charge in [-0.25, -0.2) is 0 Å². The quantitative estimate of drug-likeness (QED) is 0.225. The van der Waals surface area contributed by atoms with E-state index in [0.717, 1.165) is 44.9 Å². The minimum absolute atomic E-state index is 0.0646. The molecule has 3 saturated carbocycles. The van der Waals surface area contributed by atoms with E-state index in [-0.39, 0.29) is 36.1 Å². The third kappa shape index (κ3) is 5.25. The zero-order chi connectivity index (χ0) is 30.9. The van der Waals surface area contributed by atoms with Gasteiger partial charge in [-0.2, -0.15) is 0 Å². The normalized spacial score (nSPS) is 53.1. The minimum atomic E-state index is -1.85. The number of ether oxygens (including phenoxy) is 4. The summed E-state index contributed by atoms with van der Waals surface area (Å²) in [5, 5.41) is 61.6. The highest BCUT2D eigenvalue weighted by Gasteiger charge is 2.59. The number of hydrogen-bond donors (Lipinski definition) is 6. The highest BCUT2D eigenvalue weighted by atomic mass is 16.7. The van der Waals surface area contributed by atoms with Gasteiger partial charge in [0.2, 0.25) is 0 Å². The van der Waals surface area contributed by atoms with E-state index >= 15 is 0 Å². The van der Waals surface area contributed by atoms with E-state index in [2.05, 4.69) is 19.9 Å². The number of aliphatic hydroxyl groups excluding tert-OH is 5. The summed E-state index contributed by atoms with van der Waals surface area (Å²) >= 11 is 0. The monoisotopic (exact) mass is 610 g/mol. The molecule has 0 aromatic carbocycles. The summed E-state index contributed by atoms with van der Waals surface area (Å²) in [6, 6.07) is 0. The molecular weight excluding hydrogens is 560 g/mol. The molecular formula is C32H50O11. The van der Waals surface area contributed by atoms with Gasteiger partial charge in [-0.15, -0.1) is 0 Å². The first kappa shape index (κ1) is 32.0. The number of carbonyl (C=O) groups excluding carboxylic acids is 1. The van der Waals surface area contributed by atoms with Gasteiger partial charge >= 0.3 is 0 Å². The molecule has 0 aromatic rings. The van der Waals surface area contributed by atoms with Crippen molar-refractivity contribution in [2.24, 2.45) is 34.5 Å². The molecule has 244 valence electrons. The van der Waals surface area contributed by atoms with Crippen LogP contribution in [0.3, 0.4) is 0 Å². The van der Waals surface area contributed by atoms with Crippen LogP contribution >= 0.6 is 0 Å². The second kappa shape index (κ2) is 11.7. The fourth-order valence-electron chi connectivity index (χ4n) is 9.89. The van der Waals surface area contributed by atoms with Crippen molar-refractivity contribution in [2.75, 3.05) is 19.8 Å². The van der Waals surface area contributed by atoms with Crippen molar-refractivity contribution >= 4 is 5.78 Å². The van der Waals surface area contributed by atoms with Gasteiger partial charge in [-0.05, 0) is 86.9 Å². The van der Waals surface area contributed by atoms with Crippen LogP contribution in [0.4, 0.5) is 0 Å². The lowest BCUT2D eigenvalue weighted by atomic mass is 9.47. The van der Waals surface area contributed by atoms with Gasteiger partial charge in [0.25, 0.3) is 0 Å². The number of allylic oxidation sites excluding steroid dienone is 1. The molecule has 11 nitrogen and oxygen atoms in total. The van der Waals surface area contributed by atoms with Crippen molar-refractivity contribution in [3.8, 4) is 0 Å². The molecule has 0 aromatic heterocycles. The summed E-state index contributed by atoms with van der Waals surface area (Å²) in [4.78, 5) is 12.5. The molecule has 43 heavy (non-hydrogen) atoms. The number of rotatable bonds is 7. The van der Waals surface area contributed by atoms with Crippen molar-refractivity contribution in [3.05, 3.63) is 11.6 Å². The molecule has 6 N–H and O–H groups in total. The zero-order valence-electron chi connectivity index (χ0n) is 25.5. The average molecular weight is 611 g/mol. The molecule has 6 aliphatic rings. The molecule has 6 rings (SSSR count). The Morgan fingerprint density at radius 2 is 1.77 bits per heavy atom. The number of aliphatic hydroxyl groups is 6. The third-order valence-electron chi connectivity index (χ3n) is 12.5. The van der Waals surface area contributed by atoms with E-state index in [1.54, 1.807) is 6.92 Å². The fourth-order valence-corrected chi connectivity index (χ4v) is 9.89. The summed E-state index contributed by atoms with van der Waals surface area (Å²) in [5.74, 6) is 2.27. The summed E-state index contributed by atoms with van der Waals surface area (Å²) in [5.41, 5.74) is -0.303. The highest BCUT2D eigenvalue weighted by molar-refractivity contribution is 5.79. The minimum Gasteiger partial charge on any atom is -0.393 e. The Bertz CT molecular complexity index is 1080. The number of Topliss-reactive ketones (excluding diaryl/α,β-unsaturated/α-hetero) is 1. The van der Waals surface area contributed by atoms with E-state index in [1.165, 1.54) is 5.57 Å². The summed E-state index contributed by atoms with van der Waals surface area (Å²) in [6.45, 7) is 5.17. The average Bonchev–Trinajstić information content (AvgIpc) is 3.49. The van der Waals surface area contributed by atoms with E-state index in [9.17, 15) is 35.4 Å². The Morgan fingerprint density at radius 3 is 2.47 bits per heavy atom. The number of fused-ring (bicyclic) bond motifs is 5. The molecule has 5 fully saturated rings. The van der Waals surface area contributed by atoms with Crippen LogP contribution in [-0.4, -0.2) is 111 Å². The molecule has 0 amide bonds. The Hall–Kier alpha value is -0.990. The molecule has 4 aliphatic carbocycles. The summed E-state index contributed by atoms with van der Waals surface area (Å²) in [7, 11) is 0. The number of ketones is 1. The van der Waals surface area contributed by atoms with Crippen LogP contribution in [-0.2, 0) is 23.7 Å². The van der Waals surface area contributed by atoms with Crippen molar-refractivity contribution < 1.29 is 54.4 Å². The fraction of sp³-hybridized carbons (Fsp3) is 0.906. The van der Waals surface area contributed by atoms with Crippen molar-refractivity contribution in [1.82, 2.24) is 0 Å². The van der Waals surface area contributed by atoms with Gasteiger partial charge in [0, 0.05) is 5.92 Å². The second-order valence-electron chi connectivity index (χ2n) is 14.8. The van der Waals surface area contributed by atoms with Crippen LogP contribution < -0.4 is 0 Å². The molecule has 15 atom stereocenters. The first-order chi connectivity index (χ1) is 20.3. The van der Waals surface area contributed by atoms with Crippen LogP contribution in [0.25, 0.3) is 0 Å². The second-order valence-corrected chi connectivity index (χ2v) is 14.8. The standard InChI is InChI=1S/C32H50O11/c1-16(34)20-6-7-21-19-5-4-17-12-18(8-10-30(17,2)22(19)9-11-31(20,21)3)42-28-26(37)25(36)24(35)23(43-28)13-40-29-27(38)32(39,14-33)15-41-29/h4,18-29,33,35-39H,5-15H2,1-3H3/t18-,19-,20+,21-,22-,23+,24+,25-,26+,27-,28+,29+,30-,31+,32+/m0/s1. The predicted octanol–water partition coefficient (Wildman–Crippen LogP) is 0.804. The Kier molecular flexibility index (Phi) is 8.68. The SMILES string of the molecule is CC(=O)[C@H]1CC[C@H]2[C@@H]3CC=C4C[C@@H](O[C@@H]5O[C@H](CO[C@@H]6OC[C@](O)(CO)[C@H]6O)[C@@H](O)[C@H](O)[C@H]5O)CC[C@]4(C)[C@H]3CC[C@]12C. The maximum atomic E-state index is 12.5. The smallest absolute Gasteiger partial charge is 0.186 e. The predicted molar refractivity (Wildman–Crippen MR) is 151 cm³/mol. The van der Waals surface area contributed by atoms with Crippen LogP contribution in [0.2, 0.25) is 0 Å². The zero-order valence-corrected chi connectivity index (χ0v) is 25.5. The maximum Gasteiger partial charge on any atom is 0.186 e. The van der Waals surface area contributed by atoms with Crippen molar-refractivity contribution in [1.29, 1.82) is 0 Å². The van der Waals surface area contributed by atoms with Crippen LogP contribution in [0.15, 0.2) is 11.6 Å². The third-order valence-corrected chi connectivity index (χ3v) is 12.5. The van der Waals surface area contributed by atoms with Crippen molar-refractivity contribution in [3.63, 3.8) is 0 Å². The lowest BCUT2D eigenvalue weighted by Crippen LogP contribution is -2.60. The molecule has 0 radical (unpaired) electrons. The molecule has 11 heteroatoms. The van der Waals surface area contributed by atoms with Gasteiger partial charge < -0.3 is 49.6 Å². The maximum absolute atomic E-state index is 12.5. The molecule has 0 unspecified atom stereocenters. The Morgan fingerprint density at radius 1 is 1.00 bits per heavy atom.